The van der Waals surface area contributed by atoms with E-state index in [1.165, 1.54) is 49.1 Å². The summed E-state index contributed by atoms with van der Waals surface area (Å²) < 4.78 is 31.2. The van der Waals surface area contributed by atoms with Gasteiger partial charge in [-0.2, -0.15) is 5.10 Å². The predicted molar refractivity (Wildman–Crippen MR) is 156 cm³/mol. The van der Waals surface area contributed by atoms with E-state index in [9.17, 15) is 18.4 Å². The number of hydrogen-bond acceptors (Lipinski definition) is 7. The van der Waals surface area contributed by atoms with E-state index in [1.807, 2.05) is 27.0 Å². The summed E-state index contributed by atoms with van der Waals surface area (Å²) in [6.45, 7) is 6.54. The smallest absolute Gasteiger partial charge is 0.267 e. The van der Waals surface area contributed by atoms with Crippen molar-refractivity contribution >= 4 is 40.4 Å². The Morgan fingerprint density at radius 2 is 1.98 bits per heavy atom. The molecule has 3 heterocycles. The van der Waals surface area contributed by atoms with Crippen LogP contribution < -0.4 is 16.0 Å². The number of benzene rings is 1. The summed E-state index contributed by atoms with van der Waals surface area (Å²) in [5.74, 6) is -1.23. The normalized spacial score (nSPS) is 18.0. The lowest BCUT2D eigenvalue weighted by Gasteiger charge is -2.30. The van der Waals surface area contributed by atoms with Gasteiger partial charge in [0.15, 0.2) is 5.82 Å². The first-order chi connectivity index (χ1) is 19.4. The van der Waals surface area contributed by atoms with E-state index in [0.29, 0.717) is 22.7 Å². The van der Waals surface area contributed by atoms with Gasteiger partial charge in [-0.05, 0) is 56.3 Å². The Morgan fingerprint density at radius 3 is 2.63 bits per heavy atom. The number of likely N-dealkylation sites (tertiary alicyclic amines) is 1. The molecule has 1 aromatic carbocycles. The molecule has 1 saturated heterocycles. The van der Waals surface area contributed by atoms with Crippen molar-refractivity contribution in [1.29, 1.82) is 5.41 Å². The van der Waals surface area contributed by atoms with Crippen LogP contribution in [0.3, 0.4) is 0 Å². The first-order valence-electron chi connectivity index (χ1n) is 13.4. The fourth-order valence-electron chi connectivity index (χ4n) is 4.95. The van der Waals surface area contributed by atoms with Gasteiger partial charge in [0, 0.05) is 48.1 Å². The largest absolute Gasteiger partial charge is 0.354 e. The Kier molecular flexibility index (Phi) is 7.80. The number of nitrogens with one attached hydrogen (secondary N) is 4. The van der Waals surface area contributed by atoms with Crippen LogP contribution >= 0.6 is 11.3 Å². The maximum atomic E-state index is 14.8. The molecule has 9 nitrogen and oxygen atoms in total. The molecule has 1 atom stereocenters. The highest BCUT2D eigenvalue weighted by Crippen LogP contribution is 2.50. The van der Waals surface area contributed by atoms with Crippen molar-refractivity contribution < 1.29 is 18.4 Å². The summed E-state index contributed by atoms with van der Waals surface area (Å²) in [6, 6.07) is 7.27. The van der Waals surface area contributed by atoms with Crippen LogP contribution in [0.1, 0.15) is 57.8 Å². The number of aryl methyl sites for hydroxylation is 1. The lowest BCUT2D eigenvalue weighted by Crippen LogP contribution is -2.36. The van der Waals surface area contributed by atoms with Gasteiger partial charge in [-0.25, -0.2) is 8.78 Å². The molecule has 2 aliphatic rings. The number of amides is 2. The molecule has 0 bridgehead atoms. The zero-order chi connectivity index (χ0) is 29.5. The number of likely N-dealkylation sites (N-methyl/N-ethyl adjacent to an activating group) is 1. The van der Waals surface area contributed by atoms with Crippen molar-refractivity contribution in [2.24, 2.45) is 12.5 Å². The van der Waals surface area contributed by atoms with Gasteiger partial charge in [0.05, 0.1) is 22.0 Å². The van der Waals surface area contributed by atoms with E-state index >= 15 is 0 Å². The Hall–Kier alpha value is -3.90. The van der Waals surface area contributed by atoms with Crippen LogP contribution in [0.15, 0.2) is 42.1 Å². The summed E-state index contributed by atoms with van der Waals surface area (Å²) in [5, 5.41) is 21.1. The third kappa shape index (κ3) is 5.94. The second-order valence-corrected chi connectivity index (χ2v) is 12.3. The SMILES string of the molecule is CNC(=O)/C(=C\C(=N)c1ccc(F)c(NC(=O)c2cc3c(s2)CC(C)(C)[C@@H]3F)c1)Nc1cc(CN2CCC2)n(C)n1. The maximum absolute atomic E-state index is 14.8. The van der Waals surface area contributed by atoms with Gasteiger partial charge in [-0.1, -0.05) is 13.8 Å². The molecule has 1 fully saturated rings. The minimum absolute atomic E-state index is 0.0813. The zero-order valence-electron chi connectivity index (χ0n) is 23.4. The van der Waals surface area contributed by atoms with Gasteiger partial charge in [0.25, 0.3) is 11.8 Å². The number of aromatic nitrogens is 2. The van der Waals surface area contributed by atoms with Gasteiger partial charge >= 0.3 is 0 Å². The van der Waals surface area contributed by atoms with Gasteiger partial charge in [0.2, 0.25) is 0 Å². The number of halogens is 2. The molecule has 12 heteroatoms. The number of alkyl halides is 1. The van der Waals surface area contributed by atoms with Gasteiger partial charge in [0.1, 0.15) is 17.7 Å². The average molecular weight is 582 g/mol. The Bertz CT molecular complexity index is 1550. The summed E-state index contributed by atoms with van der Waals surface area (Å²) in [4.78, 5) is 29.0. The van der Waals surface area contributed by atoms with Gasteiger partial charge in [-0.15, -0.1) is 11.3 Å². The van der Waals surface area contributed by atoms with E-state index in [1.54, 1.807) is 4.68 Å². The number of thiophene rings is 1. The molecule has 0 saturated carbocycles. The molecule has 1 aliphatic heterocycles. The molecular formula is C29H33F2N7O2S. The van der Waals surface area contributed by atoms with Crippen molar-refractivity contribution in [3.63, 3.8) is 0 Å². The molecule has 2 amide bonds. The van der Waals surface area contributed by atoms with E-state index in [0.717, 1.165) is 36.3 Å². The Balaban J connectivity index is 1.32. The Morgan fingerprint density at radius 1 is 1.22 bits per heavy atom. The molecule has 5 rings (SSSR count). The van der Waals surface area contributed by atoms with Crippen molar-refractivity contribution in [3.8, 4) is 0 Å². The molecule has 4 N–H and O–H groups in total. The van der Waals surface area contributed by atoms with Crippen molar-refractivity contribution in [2.45, 2.75) is 39.4 Å². The standard InChI is InChI=1S/C29H33F2N7O2S/c1-29(2)14-24-18(26(29)31)12-23(41-24)28(40)35-21-10-16(6-7-19(21)30)20(32)13-22(27(39)33-3)34-25-11-17(37(4)36-25)15-38-8-5-9-38/h6-7,10-13,26,32H,5,8-9,14-15H2,1-4H3,(H,33,39)(H,34,36)(H,35,40)/b22-13+,32-20?/t26-/m1/s1. The quantitative estimate of drug-likeness (QED) is 0.215. The predicted octanol–water partition coefficient (Wildman–Crippen LogP) is 4.78. The lowest BCUT2D eigenvalue weighted by atomic mass is 9.89. The highest BCUT2D eigenvalue weighted by molar-refractivity contribution is 7.14. The summed E-state index contributed by atoms with van der Waals surface area (Å²) >= 11 is 1.21. The van der Waals surface area contributed by atoms with Crippen LogP contribution in [0.4, 0.5) is 20.3 Å². The summed E-state index contributed by atoms with van der Waals surface area (Å²) in [7, 11) is 3.31. The molecule has 0 radical (unpaired) electrons. The van der Waals surface area contributed by atoms with Crippen LogP contribution in [-0.2, 0) is 24.8 Å². The van der Waals surface area contributed by atoms with Crippen LogP contribution in [0.5, 0.6) is 0 Å². The third-order valence-corrected chi connectivity index (χ3v) is 8.65. The molecule has 0 spiro atoms. The summed E-state index contributed by atoms with van der Waals surface area (Å²) in [6.07, 6.45) is 1.88. The maximum Gasteiger partial charge on any atom is 0.267 e. The molecule has 41 heavy (non-hydrogen) atoms. The second-order valence-electron chi connectivity index (χ2n) is 11.1. The van der Waals surface area contributed by atoms with Crippen LogP contribution in [0.25, 0.3) is 0 Å². The first kappa shape index (κ1) is 28.6. The molecule has 0 unspecified atom stereocenters. The number of anilines is 2. The number of rotatable bonds is 9. The van der Waals surface area contributed by atoms with E-state index < -0.39 is 29.2 Å². The third-order valence-electron chi connectivity index (χ3n) is 7.50. The Labute approximate surface area is 241 Å². The number of fused-ring (bicyclic) bond motifs is 1. The zero-order valence-corrected chi connectivity index (χ0v) is 24.2. The van der Waals surface area contributed by atoms with E-state index in [4.69, 9.17) is 5.41 Å². The second kappa shape index (κ2) is 11.2. The number of carbonyl (C=O) groups excluding carboxylic acids is 2. The fraction of sp³-hybridized carbons (Fsp3) is 0.379. The highest BCUT2D eigenvalue weighted by Gasteiger charge is 2.41. The fourth-order valence-corrected chi connectivity index (χ4v) is 6.27. The molecule has 216 valence electrons. The van der Waals surface area contributed by atoms with E-state index in [-0.39, 0.29) is 22.7 Å². The topological polar surface area (TPSA) is 115 Å². The molecule has 1 aliphatic carbocycles. The highest BCUT2D eigenvalue weighted by atomic mass is 32.1. The van der Waals surface area contributed by atoms with E-state index in [2.05, 4.69) is 25.9 Å². The van der Waals surface area contributed by atoms with Crippen molar-refractivity contribution in [2.75, 3.05) is 30.8 Å². The van der Waals surface area contributed by atoms with Crippen LogP contribution in [0.2, 0.25) is 0 Å². The number of hydrogen-bond donors (Lipinski definition) is 4. The van der Waals surface area contributed by atoms with Gasteiger partial charge in [-0.3, -0.25) is 19.2 Å². The monoisotopic (exact) mass is 581 g/mol. The van der Waals surface area contributed by atoms with Crippen LogP contribution in [0, 0.1) is 16.6 Å². The minimum Gasteiger partial charge on any atom is -0.354 e. The molecular weight excluding hydrogens is 548 g/mol. The lowest BCUT2D eigenvalue weighted by molar-refractivity contribution is -0.116. The minimum atomic E-state index is -1.16. The molecule has 3 aromatic rings. The summed E-state index contributed by atoms with van der Waals surface area (Å²) in [5.41, 5.74) is 1.15. The van der Waals surface area contributed by atoms with Gasteiger partial charge < -0.3 is 21.4 Å². The molecule has 2 aromatic heterocycles. The number of allylic oxidation sites excluding steroid dienone is 1. The van der Waals surface area contributed by atoms with Crippen molar-refractivity contribution in [3.05, 3.63) is 74.5 Å². The first-order valence-corrected chi connectivity index (χ1v) is 14.2. The van der Waals surface area contributed by atoms with Crippen molar-refractivity contribution in [1.82, 2.24) is 20.0 Å². The number of carbonyl (C=O) groups is 2. The van der Waals surface area contributed by atoms with Crippen LogP contribution in [-0.4, -0.2) is 52.3 Å². The number of nitrogens with zero attached hydrogens (tertiary/aromatic N) is 3. The average Bonchev–Trinajstić information content (AvgIpc) is 3.53.